The van der Waals surface area contributed by atoms with Crippen LogP contribution in [0, 0.1) is 19.3 Å². The Morgan fingerprint density at radius 3 is 2.84 bits per heavy atom. The third kappa shape index (κ3) is 3.24. The van der Waals surface area contributed by atoms with Crippen LogP contribution in [0.5, 0.6) is 5.75 Å². The number of aliphatic imine (C=N–C) groups is 1. The van der Waals surface area contributed by atoms with Crippen molar-refractivity contribution in [1.29, 1.82) is 0 Å². The average Bonchev–Trinajstić information content (AvgIpc) is 2.41. The first kappa shape index (κ1) is 13.4. The molecule has 2 rings (SSSR count). The van der Waals surface area contributed by atoms with Gasteiger partial charge in [-0.15, -0.1) is 6.42 Å². The monoisotopic (exact) mass is 313 g/mol. The van der Waals surface area contributed by atoms with Gasteiger partial charge in [-0.25, -0.2) is 0 Å². The molecule has 0 heterocycles. The van der Waals surface area contributed by atoms with Crippen molar-refractivity contribution >= 4 is 27.8 Å². The number of aromatic hydroxyl groups is 1. The number of benzene rings is 2. The lowest BCUT2D eigenvalue weighted by molar-refractivity contribution is 0.471. The van der Waals surface area contributed by atoms with Crippen LogP contribution in [0.4, 0.5) is 5.69 Å². The Balaban J connectivity index is 2.35. The van der Waals surface area contributed by atoms with Crippen LogP contribution in [0.1, 0.15) is 16.7 Å². The third-order valence-corrected chi connectivity index (χ3v) is 3.21. The lowest BCUT2D eigenvalue weighted by Crippen LogP contribution is -1.86. The summed E-state index contributed by atoms with van der Waals surface area (Å²) < 4.78 is 0.659. The van der Waals surface area contributed by atoms with E-state index < -0.39 is 0 Å². The molecule has 0 fully saturated rings. The standard InChI is InChI=1S/C16H12BrNO/c1-3-12-5-4-6-14(9-12)18-10-13-7-11(2)8-15(17)16(13)19/h1,4-10,19H,2H3. The van der Waals surface area contributed by atoms with Gasteiger partial charge < -0.3 is 5.11 Å². The average molecular weight is 314 g/mol. The molecule has 3 heteroatoms. The van der Waals surface area contributed by atoms with Crippen LogP contribution in [-0.4, -0.2) is 11.3 Å². The molecule has 0 aliphatic carbocycles. The Bertz CT molecular complexity index is 684. The fraction of sp³-hybridized carbons (Fsp3) is 0.0625. The molecule has 2 aromatic rings. The molecule has 0 aromatic heterocycles. The number of phenolic OH excluding ortho intramolecular Hbond substituents is 1. The second-order valence-corrected chi connectivity index (χ2v) is 4.99. The number of rotatable bonds is 2. The Kier molecular flexibility index (Phi) is 4.03. The van der Waals surface area contributed by atoms with E-state index >= 15 is 0 Å². The molecule has 0 saturated carbocycles. The van der Waals surface area contributed by atoms with E-state index in [0.29, 0.717) is 10.0 Å². The van der Waals surface area contributed by atoms with Crippen LogP contribution in [-0.2, 0) is 0 Å². The van der Waals surface area contributed by atoms with Gasteiger partial charge in [-0.2, -0.15) is 0 Å². The zero-order valence-electron chi connectivity index (χ0n) is 10.4. The van der Waals surface area contributed by atoms with Gasteiger partial charge in [-0.05, 0) is 58.7 Å². The smallest absolute Gasteiger partial charge is 0.138 e. The molecule has 0 bridgehead atoms. The lowest BCUT2D eigenvalue weighted by atomic mass is 10.1. The zero-order valence-corrected chi connectivity index (χ0v) is 12.0. The molecule has 2 aromatic carbocycles. The Morgan fingerprint density at radius 1 is 1.32 bits per heavy atom. The maximum Gasteiger partial charge on any atom is 0.138 e. The van der Waals surface area contributed by atoms with Crippen LogP contribution in [0.15, 0.2) is 45.9 Å². The highest BCUT2D eigenvalue weighted by Gasteiger charge is 2.04. The molecule has 0 unspecified atom stereocenters. The minimum Gasteiger partial charge on any atom is -0.506 e. The summed E-state index contributed by atoms with van der Waals surface area (Å²) in [4.78, 5) is 4.33. The topological polar surface area (TPSA) is 32.6 Å². The third-order valence-electron chi connectivity index (χ3n) is 2.60. The highest BCUT2D eigenvalue weighted by atomic mass is 79.9. The van der Waals surface area contributed by atoms with Crippen molar-refractivity contribution < 1.29 is 5.11 Å². The molecule has 0 aliphatic heterocycles. The zero-order chi connectivity index (χ0) is 13.8. The van der Waals surface area contributed by atoms with Crippen molar-refractivity contribution in [2.45, 2.75) is 6.92 Å². The van der Waals surface area contributed by atoms with Gasteiger partial charge in [0, 0.05) is 17.3 Å². The molecular formula is C16H12BrNO. The van der Waals surface area contributed by atoms with E-state index in [1.165, 1.54) is 0 Å². The van der Waals surface area contributed by atoms with Gasteiger partial charge in [0.1, 0.15) is 5.75 Å². The van der Waals surface area contributed by atoms with Crippen LogP contribution >= 0.6 is 15.9 Å². The van der Waals surface area contributed by atoms with E-state index in [4.69, 9.17) is 6.42 Å². The number of hydrogen-bond donors (Lipinski definition) is 1. The normalized spacial score (nSPS) is 10.6. The highest BCUT2D eigenvalue weighted by Crippen LogP contribution is 2.28. The van der Waals surface area contributed by atoms with Crippen molar-refractivity contribution in [3.8, 4) is 18.1 Å². The number of terminal acetylenes is 1. The van der Waals surface area contributed by atoms with E-state index in [1.807, 2.05) is 43.3 Å². The first-order chi connectivity index (χ1) is 9.10. The molecule has 0 atom stereocenters. The van der Waals surface area contributed by atoms with Crippen molar-refractivity contribution in [2.75, 3.05) is 0 Å². The molecule has 0 amide bonds. The maximum atomic E-state index is 9.93. The maximum absolute atomic E-state index is 9.93. The quantitative estimate of drug-likeness (QED) is 0.654. The van der Waals surface area contributed by atoms with E-state index in [2.05, 4.69) is 26.8 Å². The van der Waals surface area contributed by atoms with E-state index in [1.54, 1.807) is 6.21 Å². The van der Waals surface area contributed by atoms with Gasteiger partial charge in [-0.3, -0.25) is 4.99 Å². The molecule has 94 valence electrons. The minimum atomic E-state index is 0.183. The second kappa shape index (κ2) is 5.73. The van der Waals surface area contributed by atoms with Crippen LogP contribution in [0.3, 0.4) is 0 Å². The Morgan fingerprint density at radius 2 is 2.11 bits per heavy atom. The molecule has 0 radical (unpaired) electrons. The van der Waals surface area contributed by atoms with E-state index in [0.717, 1.165) is 16.8 Å². The van der Waals surface area contributed by atoms with Crippen LogP contribution in [0.25, 0.3) is 0 Å². The van der Waals surface area contributed by atoms with Gasteiger partial charge in [0.25, 0.3) is 0 Å². The van der Waals surface area contributed by atoms with Crippen molar-refractivity contribution in [3.05, 3.63) is 57.6 Å². The SMILES string of the molecule is C#Cc1cccc(N=Cc2cc(C)cc(Br)c2O)c1. The van der Waals surface area contributed by atoms with Gasteiger partial charge in [0.15, 0.2) is 0 Å². The predicted octanol–water partition coefficient (Wildman–Crippen LogP) is 4.20. The first-order valence-corrected chi connectivity index (χ1v) is 6.49. The number of aryl methyl sites for hydroxylation is 1. The Labute approximate surface area is 121 Å². The van der Waals surface area contributed by atoms with Gasteiger partial charge in [0.2, 0.25) is 0 Å². The highest BCUT2D eigenvalue weighted by molar-refractivity contribution is 9.10. The van der Waals surface area contributed by atoms with Crippen molar-refractivity contribution in [2.24, 2.45) is 4.99 Å². The van der Waals surface area contributed by atoms with Crippen LogP contribution in [0.2, 0.25) is 0 Å². The molecule has 19 heavy (non-hydrogen) atoms. The summed E-state index contributed by atoms with van der Waals surface area (Å²) in [7, 11) is 0. The molecule has 1 N–H and O–H groups in total. The molecular weight excluding hydrogens is 302 g/mol. The molecule has 0 aliphatic rings. The summed E-state index contributed by atoms with van der Waals surface area (Å²) in [5.74, 6) is 2.75. The predicted molar refractivity (Wildman–Crippen MR) is 82.2 cm³/mol. The summed E-state index contributed by atoms with van der Waals surface area (Å²) in [5, 5.41) is 9.93. The van der Waals surface area contributed by atoms with Crippen LogP contribution < -0.4 is 0 Å². The Hall–Kier alpha value is -2.05. The summed E-state index contributed by atoms with van der Waals surface area (Å²) >= 11 is 3.31. The molecule has 0 saturated heterocycles. The van der Waals surface area contributed by atoms with E-state index in [-0.39, 0.29) is 5.75 Å². The van der Waals surface area contributed by atoms with Gasteiger partial charge in [0.05, 0.1) is 10.2 Å². The first-order valence-electron chi connectivity index (χ1n) is 5.70. The number of halogens is 1. The fourth-order valence-electron chi connectivity index (χ4n) is 1.68. The molecule has 0 spiro atoms. The summed E-state index contributed by atoms with van der Waals surface area (Å²) in [5.41, 5.74) is 3.25. The van der Waals surface area contributed by atoms with Crippen molar-refractivity contribution in [1.82, 2.24) is 0 Å². The van der Waals surface area contributed by atoms with Gasteiger partial charge in [-0.1, -0.05) is 12.0 Å². The van der Waals surface area contributed by atoms with Crippen molar-refractivity contribution in [3.63, 3.8) is 0 Å². The second-order valence-electron chi connectivity index (χ2n) is 4.14. The number of nitrogens with zero attached hydrogens (tertiary/aromatic N) is 1. The lowest BCUT2D eigenvalue weighted by Gasteiger charge is -2.03. The van der Waals surface area contributed by atoms with Gasteiger partial charge >= 0.3 is 0 Å². The van der Waals surface area contributed by atoms with E-state index in [9.17, 15) is 5.11 Å². The summed E-state index contributed by atoms with van der Waals surface area (Å²) in [6.45, 7) is 1.96. The summed E-state index contributed by atoms with van der Waals surface area (Å²) in [6, 6.07) is 11.1. The number of phenols is 1. The minimum absolute atomic E-state index is 0.183. The fourth-order valence-corrected chi connectivity index (χ4v) is 2.27. The number of hydrogen-bond acceptors (Lipinski definition) is 2. The largest absolute Gasteiger partial charge is 0.506 e. The summed E-state index contributed by atoms with van der Waals surface area (Å²) in [6.07, 6.45) is 6.97. The molecule has 2 nitrogen and oxygen atoms in total.